The van der Waals surface area contributed by atoms with E-state index in [2.05, 4.69) is 4.98 Å². The van der Waals surface area contributed by atoms with Gasteiger partial charge in [0.05, 0.1) is 28.4 Å². The quantitative estimate of drug-likeness (QED) is 0.232. The highest BCUT2D eigenvalue weighted by Gasteiger charge is 2.48. The summed E-state index contributed by atoms with van der Waals surface area (Å²) in [6.45, 7) is 4.39. The van der Waals surface area contributed by atoms with Crippen molar-refractivity contribution in [2.75, 3.05) is 11.5 Å². The van der Waals surface area contributed by atoms with Crippen molar-refractivity contribution < 1.29 is 19.4 Å². The minimum atomic E-state index is -0.797. The molecule has 6 nitrogen and oxygen atoms in total. The molecule has 34 heavy (non-hydrogen) atoms. The van der Waals surface area contributed by atoms with Crippen LogP contribution in [-0.2, 0) is 9.59 Å². The number of rotatable bonds is 5. The van der Waals surface area contributed by atoms with Gasteiger partial charge in [0, 0.05) is 5.56 Å². The Morgan fingerprint density at radius 2 is 1.79 bits per heavy atom. The van der Waals surface area contributed by atoms with Gasteiger partial charge in [-0.2, -0.15) is 0 Å². The highest BCUT2D eigenvalue weighted by Crippen LogP contribution is 2.44. The number of anilines is 1. The number of fused-ring (bicyclic) bond motifs is 1. The number of amides is 1. The molecule has 1 aromatic heterocycles. The van der Waals surface area contributed by atoms with Crippen LogP contribution >= 0.6 is 11.3 Å². The molecule has 1 atom stereocenters. The first kappa shape index (κ1) is 21.9. The SMILES string of the molecule is CCOc1ccc2nc(N3C(=O)C(=O)C(=C(O)c4ccc(C)cc4)C3c3ccccc3)sc2c1. The number of Topliss-reactive ketones (excluding diaryl/α,β-unsaturated/α-hetero) is 1. The molecular formula is C27H22N2O4S. The molecule has 1 aliphatic rings. The van der Waals surface area contributed by atoms with Gasteiger partial charge in [0.2, 0.25) is 0 Å². The fourth-order valence-corrected chi connectivity index (χ4v) is 5.12. The summed E-state index contributed by atoms with van der Waals surface area (Å²) in [5.74, 6) is -0.937. The second-order valence-electron chi connectivity index (χ2n) is 8.00. The fraction of sp³-hybridized carbons (Fsp3) is 0.148. The average Bonchev–Trinajstić information content (AvgIpc) is 3.38. The minimum Gasteiger partial charge on any atom is -0.507 e. The van der Waals surface area contributed by atoms with Crippen LogP contribution < -0.4 is 9.64 Å². The second-order valence-corrected chi connectivity index (χ2v) is 9.01. The summed E-state index contributed by atoms with van der Waals surface area (Å²) in [4.78, 5) is 32.6. The van der Waals surface area contributed by atoms with Crippen LogP contribution in [-0.4, -0.2) is 28.4 Å². The molecule has 2 heterocycles. The molecule has 0 radical (unpaired) electrons. The Bertz CT molecular complexity index is 1420. The summed E-state index contributed by atoms with van der Waals surface area (Å²) in [5, 5.41) is 11.6. The van der Waals surface area contributed by atoms with Gasteiger partial charge in [0.1, 0.15) is 11.5 Å². The molecule has 1 fully saturated rings. The average molecular weight is 471 g/mol. The van der Waals surface area contributed by atoms with E-state index in [1.807, 2.05) is 74.5 Å². The number of aromatic nitrogens is 1. The molecule has 1 amide bonds. The van der Waals surface area contributed by atoms with Crippen LogP contribution in [0.4, 0.5) is 5.13 Å². The summed E-state index contributed by atoms with van der Waals surface area (Å²) < 4.78 is 6.43. The van der Waals surface area contributed by atoms with E-state index in [1.54, 1.807) is 12.1 Å². The number of nitrogens with zero attached hydrogens (tertiary/aromatic N) is 2. The molecule has 3 aromatic carbocycles. The van der Waals surface area contributed by atoms with Crippen LogP contribution in [0.3, 0.4) is 0 Å². The molecule has 7 heteroatoms. The number of carbonyl (C=O) groups is 2. The third-order valence-corrected chi connectivity index (χ3v) is 6.77. The summed E-state index contributed by atoms with van der Waals surface area (Å²) >= 11 is 1.31. The van der Waals surface area contributed by atoms with Crippen LogP contribution in [0.25, 0.3) is 16.0 Å². The molecule has 4 aromatic rings. The predicted molar refractivity (Wildman–Crippen MR) is 133 cm³/mol. The molecule has 1 N–H and O–H groups in total. The van der Waals surface area contributed by atoms with Gasteiger partial charge in [-0.1, -0.05) is 71.5 Å². The topological polar surface area (TPSA) is 79.7 Å². The molecule has 1 aliphatic heterocycles. The van der Waals surface area contributed by atoms with Crippen molar-refractivity contribution in [2.45, 2.75) is 19.9 Å². The van der Waals surface area contributed by atoms with Gasteiger partial charge in [0.15, 0.2) is 5.13 Å². The number of hydrogen-bond acceptors (Lipinski definition) is 6. The van der Waals surface area contributed by atoms with Gasteiger partial charge >= 0.3 is 5.91 Å². The molecule has 0 spiro atoms. The predicted octanol–water partition coefficient (Wildman–Crippen LogP) is 5.63. The number of hydrogen-bond donors (Lipinski definition) is 1. The Balaban J connectivity index is 1.68. The molecule has 0 bridgehead atoms. The van der Waals surface area contributed by atoms with Crippen molar-refractivity contribution in [3.63, 3.8) is 0 Å². The lowest BCUT2D eigenvalue weighted by molar-refractivity contribution is -0.132. The van der Waals surface area contributed by atoms with Crippen LogP contribution in [0.15, 0.2) is 78.4 Å². The van der Waals surface area contributed by atoms with Gasteiger partial charge in [-0.3, -0.25) is 14.5 Å². The van der Waals surface area contributed by atoms with Crippen molar-refractivity contribution >= 4 is 44.1 Å². The van der Waals surface area contributed by atoms with Crippen LogP contribution in [0.1, 0.15) is 29.7 Å². The van der Waals surface area contributed by atoms with Crippen molar-refractivity contribution in [3.05, 3.63) is 95.1 Å². The first-order valence-corrected chi connectivity index (χ1v) is 11.8. The van der Waals surface area contributed by atoms with Crippen LogP contribution in [0.2, 0.25) is 0 Å². The van der Waals surface area contributed by atoms with E-state index in [4.69, 9.17) is 4.74 Å². The number of aryl methyl sites for hydroxylation is 1. The maximum atomic E-state index is 13.3. The zero-order valence-electron chi connectivity index (χ0n) is 18.7. The molecular weight excluding hydrogens is 448 g/mol. The molecule has 0 saturated carbocycles. The van der Waals surface area contributed by atoms with E-state index in [0.29, 0.717) is 34.1 Å². The number of ketones is 1. The number of benzene rings is 3. The number of ether oxygens (including phenoxy) is 1. The Hall–Kier alpha value is -3.97. The number of aliphatic hydroxyl groups excluding tert-OH is 1. The lowest BCUT2D eigenvalue weighted by atomic mass is 9.95. The van der Waals surface area contributed by atoms with E-state index in [0.717, 1.165) is 10.3 Å². The van der Waals surface area contributed by atoms with Gasteiger partial charge in [0.25, 0.3) is 5.78 Å². The standard InChI is InChI=1S/C27H22N2O4S/c1-3-33-19-13-14-20-21(15-19)34-27(28-20)29-23(17-7-5-4-6-8-17)22(25(31)26(29)32)24(30)18-11-9-16(2)10-12-18/h4-15,23,30H,3H2,1-2H3. The zero-order chi connectivity index (χ0) is 23.8. The summed E-state index contributed by atoms with van der Waals surface area (Å²) in [5.41, 5.74) is 2.97. The fourth-order valence-electron chi connectivity index (χ4n) is 4.10. The van der Waals surface area contributed by atoms with Crippen molar-refractivity contribution in [2.24, 2.45) is 0 Å². The molecule has 1 unspecified atom stereocenters. The number of carbonyl (C=O) groups excluding carboxylic acids is 2. The monoisotopic (exact) mass is 470 g/mol. The van der Waals surface area contributed by atoms with E-state index >= 15 is 0 Å². The normalized spacial score (nSPS) is 17.5. The van der Waals surface area contributed by atoms with E-state index in [-0.39, 0.29) is 11.3 Å². The maximum absolute atomic E-state index is 13.3. The summed E-state index contributed by atoms with van der Waals surface area (Å²) in [6, 6.07) is 21.2. The highest BCUT2D eigenvalue weighted by atomic mass is 32.1. The smallest absolute Gasteiger partial charge is 0.301 e. The van der Waals surface area contributed by atoms with Gasteiger partial charge in [-0.15, -0.1) is 0 Å². The minimum absolute atomic E-state index is 0.0503. The van der Waals surface area contributed by atoms with Crippen molar-refractivity contribution in [3.8, 4) is 5.75 Å². The summed E-state index contributed by atoms with van der Waals surface area (Å²) in [7, 11) is 0. The van der Waals surface area contributed by atoms with E-state index < -0.39 is 17.7 Å². The van der Waals surface area contributed by atoms with Gasteiger partial charge in [-0.05, 0) is 37.6 Å². The third kappa shape index (κ3) is 3.74. The van der Waals surface area contributed by atoms with Gasteiger partial charge in [-0.25, -0.2) is 4.98 Å². The van der Waals surface area contributed by atoms with Crippen LogP contribution in [0, 0.1) is 6.92 Å². The lowest BCUT2D eigenvalue weighted by Crippen LogP contribution is -2.29. The third-order valence-electron chi connectivity index (χ3n) is 5.75. The van der Waals surface area contributed by atoms with Gasteiger partial charge < -0.3 is 9.84 Å². The summed E-state index contributed by atoms with van der Waals surface area (Å²) in [6.07, 6.45) is 0. The Morgan fingerprint density at radius 1 is 1.06 bits per heavy atom. The molecule has 0 aliphatic carbocycles. The van der Waals surface area contributed by atoms with Crippen molar-refractivity contribution in [1.82, 2.24) is 4.98 Å². The lowest BCUT2D eigenvalue weighted by Gasteiger charge is -2.22. The first-order valence-electron chi connectivity index (χ1n) is 10.9. The maximum Gasteiger partial charge on any atom is 0.301 e. The van der Waals surface area contributed by atoms with E-state index in [9.17, 15) is 14.7 Å². The largest absolute Gasteiger partial charge is 0.507 e. The molecule has 5 rings (SSSR count). The zero-order valence-corrected chi connectivity index (χ0v) is 19.5. The van der Waals surface area contributed by atoms with Crippen molar-refractivity contribution in [1.29, 1.82) is 0 Å². The number of thiazole rings is 1. The highest BCUT2D eigenvalue weighted by molar-refractivity contribution is 7.22. The number of aliphatic hydroxyl groups is 1. The molecule has 1 saturated heterocycles. The Morgan fingerprint density at radius 3 is 2.50 bits per heavy atom. The van der Waals surface area contributed by atoms with E-state index in [1.165, 1.54) is 16.2 Å². The second kappa shape index (κ2) is 8.76. The van der Waals surface area contributed by atoms with Crippen LogP contribution in [0.5, 0.6) is 5.75 Å². The Labute approximate surface area is 200 Å². The Kier molecular flexibility index (Phi) is 5.63. The molecule has 170 valence electrons. The first-order chi connectivity index (χ1) is 16.5.